The van der Waals surface area contributed by atoms with Crippen LogP contribution in [0, 0.1) is 0 Å². The zero-order chi connectivity index (χ0) is 16.4. The summed E-state index contributed by atoms with van der Waals surface area (Å²) in [5.41, 5.74) is 1.70. The monoisotopic (exact) mass is 311 g/mol. The molecule has 3 rings (SSSR count). The van der Waals surface area contributed by atoms with Crippen molar-refractivity contribution < 1.29 is 19.4 Å². The van der Waals surface area contributed by atoms with Gasteiger partial charge in [0.25, 0.3) is 5.91 Å². The Kier molecular flexibility index (Phi) is 4.02. The molecule has 0 saturated heterocycles. The van der Waals surface area contributed by atoms with Gasteiger partial charge in [-0.2, -0.15) is 0 Å². The Hall–Kier alpha value is -2.82. The van der Waals surface area contributed by atoms with Gasteiger partial charge in [-0.15, -0.1) is 0 Å². The fraction of sp³-hybridized carbons (Fsp3) is 0.222. The average Bonchev–Trinajstić information content (AvgIpc) is 2.99. The lowest BCUT2D eigenvalue weighted by Gasteiger charge is -2.20. The van der Waals surface area contributed by atoms with Gasteiger partial charge in [-0.1, -0.05) is 18.2 Å². The molecule has 1 amide bonds. The number of rotatable bonds is 4. The summed E-state index contributed by atoms with van der Waals surface area (Å²) in [6, 6.07) is 13.6. The number of hydrogen-bond acceptors (Lipinski definition) is 3. The van der Waals surface area contributed by atoms with Crippen LogP contribution in [-0.4, -0.2) is 29.6 Å². The summed E-state index contributed by atoms with van der Waals surface area (Å²) >= 11 is 0. The van der Waals surface area contributed by atoms with Crippen molar-refractivity contribution >= 4 is 11.9 Å². The fourth-order valence-corrected chi connectivity index (χ4v) is 2.76. The van der Waals surface area contributed by atoms with Crippen molar-refractivity contribution in [3.8, 4) is 5.75 Å². The lowest BCUT2D eigenvalue weighted by atomic mass is 9.94. The van der Waals surface area contributed by atoms with E-state index in [4.69, 9.17) is 9.84 Å². The molecule has 0 spiro atoms. The van der Waals surface area contributed by atoms with Crippen molar-refractivity contribution in [2.75, 3.05) is 6.61 Å². The molecule has 0 aliphatic carbocycles. The van der Waals surface area contributed by atoms with E-state index in [0.717, 1.165) is 11.3 Å². The van der Waals surface area contributed by atoms with Crippen molar-refractivity contribution in [3.63, 3.8) is 0 Å². The predicted octanol–water partition coefficient (Wildman–Crippen LogP) is 2.68. The van der Waals surface area contributed by atoms with Gasteiger partial charge in [0.1, 0.15) is 5.75 Å². The Balaban J connectivity index is 1.69. The van der Waals surface area contributed by atoms with Crippen LogP contribution < -0.4 is 10.1 Å². The van der Waals surface area contributed by atoms with Crippen molar-refractivity contribution in [1.82, 2.24) is 5.32 Å². The molecule has 1 aliphatic rings. The Morgan fingerprint density at radius 2 is 1.78 bits per heavy atom. The standard InChI is InChI=1S/C18H17NO4/c1-11(15-10-23-16-5-3-2-4-14(15)16)19-17(20)12-6-8-13(9-7-12)18(21)22/h2-9,11,15H,10H2,1H3,(H,19,20)(H,21,22)/t11-,15-/m0/s1. The van der Waals surface area contributed by atoms with Crippen LogP contribution in [0.3, 0.4) is 0 Å². The highest BCUT2D eigenvalue weighted by Crippen LogP contribution is 2.35. The topological polar surface area (TPSA) is 75.6 Å². The molecule has 0 saturated carbocycles. The van der Waals surface area contributed by atoms with E-state index in [-0.39, 0.29) is 23.4 Å². The van der Waals surface area contributed by atoms with Crippen LogP contribution in [0.1, 0.15) is 39.1 Å². The number of fused-ring (bicyclic) bond motifs is 1. The first-order chi connectivity index (χ1) is 11.1. The molecule has 0 fully saturated rings. The van der Waals surface area contributed by atoms with Gasteiger partial charge in [0, 0.05) is 23.1 Å². The number of benzene rings is 2. The predicted molar refractivity (Wildman–Crippen MR) is 85.0 cm³/mol. The van der Waals surface area contributed by atoms with E-state index in [2.05, 4.69) is 5.32 Å². The smallest absolute Gasteiger partial charge is 0.335 e. The maximum Gasteiger partial charge on any atom is 0.335 e. The van der Waals surface area contributed by atoms with E-state index < -0.39 is 5.97 Å². The number of carbonyl (C=O) groups is 2. The first kappa shape index (κ1) is 15.1. The minimum absolute atomic E-state index is 0.0923. The number of para-hydroxylation sites is 1. The molecule has 0 unspecified atom stereocenters. The number of carboxylic acids is 1. The highest BCUT2D eigenvalue weighted by molar-refractivity contribution is 5.96. The zero-order valence-electron chi connectivity index (χ0n) is 12.7. The van der Waals surface area contributed by atoms with E-state index in [9.17, 15) is 9.59 Å². The lowest BCUT2D eigenvalue weighted by molar-refractivity contribution is 0.0696. The zero-order valence-corrected chi connectivity index (χ0v) is 12.7. The summed E-state index contributed by atoms with van der Waals surface area (Å²) < 4.78 is 5.65. The maximum absolute atomic E-state index is 12.3. The average molecular weight is 311 g/mol. The number of ether oxygens (including phenoxy) is 1. The molecular formula is C18H17NO4. The molecule has 1 aliphatic heterocycles. The Bertz CT molecular complexity index is 739. The molecule has 118 valence electrons. The third kappa shape index (κ3) is 3.04. The van der Waals surface area contributed by atoms with Crippen LogP contribution >= 0.6 is 0 Å². The van der Waals surface area contributed by atoms with Crippen LogP contribution in [0.4, 0.5) is 0 Å². The number of hydrogen-bond donors (Lipinski definition) is 2. The van der Waals surface area contributed by atoms with E-state index in [1.165, 1.54) is 24.3 Å². The fourth-order valence-electron chi connectivity index (χ4n) is 2.76. The summed E-state index contributed by atoms with van der Waals surface area (Å²) in [5, 5.41) is 11.8. The van der Waals surface area contributed by atoms with Crippen LogP contribution in [0.25, 0.3) is 0 Å². The SMILES string of the molecule is C[C@H](NC(=O)c1ccc(C(=O)O)cc1)[C@@H]1COc2ccccc21. The van der Waals surface area contributed by atoms with Gasteiger partial charge in [0.2, 0.25) is 0 Å². The van der Waals surface area contributed by atoms with Crippen molar-refractivity contribution in [2.24, 2.45) is 0 Å². The number of carboxylic acid groups (broad SMARTS) is 1. The van der Waals surface area contributed by atoms with Crippen molar-refractivity contribution in [3.05, 3.63) is 65.2 Å². The summed E-state index contributed by atoms with van der Waals surface area (Å²) in [6.07, 6.45) is 0. The van der Waals surface area contributed by atoms with Gasteiger partial charge >= 0.3 is 5.97 Å². The first-order valence-corrected chi connectivity index (χ1v) is 7.42. The second-order valence-corrected chi connectivity index (χ2v) is 5.60. The van der Waals surface area contributed by atoms with E-state index in [1.807, 2.05) is 31.2 Å². The lowest BCUT2D eigenvalue weighted by Crippen LogP contribution is -2.37. The molecule has 2 aromatic rings. The molecule has 0 bridgehead atoms. The van der Waals surface area contributed by atoms with Crippen molar-refractivity contribution in [2.45, 2.75) is 18.9 Å². The Morgan fingerprint density at radius 3 is 2.48 bits per heavy atom. The molecule has 0 aromatic heterocycles. The number of amides is 1. The van der Waals surface area contributed by atoms with E-state index in [0.29, 0.717) is 12.2 Å². The van der Waals surface area contributed by atoms with Crippen LogP contribution in [0.5, 0.6) is 5.75 Å². The molecule has 5 heteroatoms. The maximum atomic E-state index is 12.3. The highest BCUT2D eigenvalue weighted by Gasteiger charge is 2.29. The minimum Gasteiger partial charge on any atom is -0.493 e. The summed E-state index contributed by atoms with van der Waals surface area (Å²) in [4.78, 5) is 23.1. The number of nitrogens with one attached hydrogen (secondary N) is 1. The van der Waals surface area contributed by atoms with Crippen molar-refractivity contribution in [1.29, 1.82) is 0 Å². The Morgan fingerprint density at radius 1 is 1.13 bits per heavy atom. The van der Waals surface area contributed by atoms with Gasteiger partial charge in [0.05, 0.1) is 12.2 Å². The number of aromatic carboxylic acids is 1. The first-order valence-electron chi connectivity index (χ1n) is 7.42. The molecule has 5 nitrogen and oxygen atoms in total. The molecule has 2 aromatic carbocycles. The molecular weight excluding hydrogens is 294 g/mol. The highest BCUT2D eigenvalue weighted by atomic mass is 16.5. The summed E-state index contributed by atoms with van der Waals surface area (Å²) in [5.74, 6) is -0.262. The molecule has 1 heterocycles. The quantitative estimate of drug-likeness (QED) is 0.910. The Labute approximate surface area is 133 Å². The minimum atomic E-state index is -1.01. The largest absolute Gasteiger partial charge is 0.493 e. The molecule has 2 atom stereocenters. The van der Waals surface area contributed by atoms with Gasteiger partial charge in [-0.05, 0) is 37.3 Å². The molecule has 2 N–H and O–H groups in total. The van der Waals surface area contributed by atoms with Gasteiger partial charge < -0.3 is 15.2 Å². The van der Waals surface area contributed by atoms with E-state index in [1.54, 1.807) is 0 Å². The van der Waals surface area contributed by atoms with Gasteiger partial charge in [-0.25, -0.2) is 4.79 Å². The van der Waals surface area contributed by atoms with Crippen LogP contribution in [0.15, 0.2) is 48.5 Å². The third-order valence-corrected chi connectivity index (χ3v) is 4.09. The molecule has 0 radical (unpaired) electrons. The number of carbonyl (C=O) groups excluding carboxylic acids is 1. The normalized spacial score (nSPS) is 17.0. The molecule has 23 heavy (non-hydrogen) atoms. The second kappa shape index (κ2) is 6.12. The summed E-state index contributed by atoms with van der Waals surface area (Å²) in [7, 11) is 0. The van der Waals surface area contributed by atoms with Crippen LogP contribution in [0.2, 0.25) is 0 Å². The second-order valence-electron chi connectivity index (χ2n) is 5.60. The van der Waals surface area contributed by atoms with Crippen LogP contribution in [-0.2, 0) is 0 Å². The third-order valence-electron chi connectivity index (χ3n) is 4.09. The van der Waals surface area contributed by atoms with Gasteiger partial charge in [-0.3, -0.25) is 4.79 Å². The summed E-state index contributed by atoms with van der Waals surface area (Å²) in [6.45, 7) is 2.48. The van der Waals surface area contributed by atoms with Gasteiger partial charge in [0.15, 0.2) is 0 Å². The van der Waals surface area contributed by atoms with E-state index >= 15 is 0 Å².